The Kier molecular flexibility index (Phi) is 58.1. The average molecular weight is 1120 g/mol. The van der Waals surface area contributed by atoms with Gasteiger partial charge >= 0.3 is 25.7 Å². The Hall–Kier alpha value is -2.82. The van der Waals surface area contributed by atoms with E-state index >= 15 is 0 Å². The van der Waals surface area contributed by atoms with Gasteiger partial charge < -0.3 is 24.2 Å². The zero-order chi connectivity index (χ0) is 56.9. The van der Waals surface area contributed by atoms with E-state index in [0.717, 1.165) is 103 Å². The van der Waals surface area contributed by atoms with Crippen molar-refractivity contribution in [1.29, 1.82) is 0 Å². The average Bonchev–Trinajstić information content (AvgIpc) is 3.43. The molecule has 0 heterocycles. The fourth-order valence-electron chi connectivity index (χ4n) is 8.94. The van der Waals surface area contributed by atoms with E-state index in [1.807, 2.05) is 0 Å². The number of hydrogen-bond donors (Lipinski definition) is 2. The van der Waals surface area contributed by atoms with Gasteiger partial charge in [-0.15, -0.1) is 0 Å². The molecule has 0 aliphatic carbocycles. The predicted octanol–water partition coefficient (Wildman–Crippen LogP) is 19.5. The van der Waals surface area contributed by atoms with Crippen LogP contribution < -0.4 is 0 Å². The van der Waals surface area contributed by atoms with Crippen LogP contribution in [0.4, 0.5) is 0 Å². The van der Waals surface area contributed by atoms with Gasteiger partial charge in [0, 0.05) is 19.3 Å². The van der Waals surface area contributed by atoms with Crippen molar-refractivity contribution in [3.8, 4) is 0 Å². The minimum absolute atomic E-state index is 0.161. The fraction of sp³-hybridized carbons (Fsp3) is 0.803. The summed E-state index contributed by atoms with van der Waals surface area (Å²) in [6.45, 7) is 4.61. The summed E-state index contributed by atoms with van der Waals surface area (Å²) in [7, 11) is -4.76. The third kappa shape index (κ3) is 57.9. The maximum atomic E-state index is 12.9. The number of esters is 3. The second kappa shape index (κ2) is 60.3. The minimum Gasteiger partial charge on any atom is -0.462 e. The SMILES string of the molecule is CCCCC/C=C\C/C=C\CCCCCCCCCCCC(=O)OC(CO)COP(=O)(O)OCC(COC(=O)CCCCCCC/C=C\CCCCCC)OC(=O)CCCCCCCCCCC/C=C\C/C=C\CCCCC. The number of allylic oxidation sites excluding steroid dienone is 10. The molecule has 0 aromatic rings. The molecule has 12 heteroatoms. The highest BCUT2D eigenvalue weighted by molar-refractivity contribution is 7.47. The van der Waals surface area contributed by atoms with E-state index in [1.165, 1.54) is 141 Å². The van der Waals surface area contributed by atoms with Crippen LogP contribution in [0.5, 0.6) is 0 Å². The van der Waals surface area contributed by atoms with Crippen LogP contribution in [0.1, 0.15) is 303 Å². The van der Waals surface area contributed by atoms with Gasteiger partial charge in [0.1, 0.15) is 12.7 Å². The van der Waals surface area contributed by atoms with Crippen molar-refractivity contribution in [1.82, 2.24) is 0 Å². The first-order valence-corrected chi connectivity index (χ1v) is 33.7. The number of carbonyl (C=O) groups is 3. The van der Waals surface area contributed by atoms with Gasteiger partial charge in [0.15, 0.2) is 6.10 Å². The number of hydrogen-bond acceptors (Lipinski definition) is 10. The van der Waals surface area contributed by atoms with Gasteiger partial charge in [0.25, 0.3) is 0 Å². The zero-order valence-corrected chi connectivity index (χ0v) is 51.3. The Morgan fingerprint density at radius 1 is 0.359 bits per heavy atom. The highest BCUT2D eigenvalue weighted by atomic mass is 31.2. The first-order chi connectivity index (χ1) is 38.2. The number of rotatable bonds is 60. The Morgan fingerprint density at radius 2 is 0.628 bits per heavy atom. The molecule has 3 unspecified atom stereocenters. The molecule has 11 nitrogen and oxygen atoms in total. The molecule has 454 valence electrons. The van der Waals surface area contributed by atoms with Gasteiger partial charge in [-0.3, -0.25) is 23.4 Å². The maximum absolute atomic E-state index is 12.9. The van der Waals surface area contributed by atoms with Crippen molar-refractivity contribution < 1.29 is 52.2 Å². The van der Waals surface area contributed by atoms with Crippen LogP contribution in [0.25, 0.3) is 0 Å². The molecule has 78 heavy (non-hydrogen) atoms. The minimum atomic E-state index is -4.76. The molecule has 0 radical (unpaired) electrons. The van der Waals surface area contributed by atoms with Crippen LogP contribution in [0.2, 0.25) is 0 Å². The lowest BCUT2D eigenvalue weighted by molar-refractivity contribution is -0.161. The van der Waals surface area contributed by atoms with Crippen molar-refractivity contribution in [3.05, 3.63) is 60.8 Å². The van der Waals surface area contributed by atoms with E-state index < -0.39 is 57.8 Å². The molecule has 0 bridgehead atoms. The van der Waals surface area contributed by atoms with Crippen molar-refractivity contribution in [2.24, 2.45) is 0 Å². The second-order valence-electron chi connectivity index (χ2n) is 21.6. The highest BCUT2D eigenvalue weighted by Crippen LogP contribution is 2.43. The van der Waals surface area contributed by atoms with E-state index in [9.17, 15) is 28.9 Å². The summed E-state index contributed by atoms with van der Waals surface area (Å²) in [5, 5.41) is 9.85. The lowest BCUT2D eigenvalue weighted by Gasteiger charge is -2.21. The van der Waals surface area contributed by atoms with Crippen LogP contribution in [0.3, 0.4) is 0 Å². The molecule has 0 amide bonds. The number of aliphatic hydroxyl groups is 1. The van der Waals surface area contributed by atoms with Gasteiger partial charge in [-0.05, 0) is 109 Å². The van der Waals surface area contributed by atoms with E-state index in [1.54, 1.807) is 0 Å². The number of ether oxygens (including phenoxy) is 3. The van der Waals surface area contributed by atoms with Crippen LogP contribution in [-0.2, 0) is 42.2 Å². The first-order valence-electron chi connectivity index (χ1n) is 32.2. The normalized spacial score (nSPS) is 13.7. The second-order valence-corrected chi connectivity index (χ2v) is 23.0. The fourth-order valence-corrected chi connectivity index (χ4v) is 9.73. The van der Waals surface area contributed by atoms with Crippen molar-refractivity contribution >= 4 is 25.7 Å². The smallest absolute Gasteiger partial charge is 0.462 e. The molecular weight excluding hydrogens is 1000 g/mol. The summed E-state index contributed by atoms with van der Waals surface area (Å²) in [5.74, 6) is -1.47. The third-order valence-corrected chi connectivity index (χ3v) is 14.8. The molecule has 0 saturated heterocycles. The number of aliphatic hydroxyl groups excluding tert-OH is 1. The van der Waals surface area contributed by atoms with Crippen molar-refractivity contribution in [2.45, 2.75) is 315 Å². The Morgan fingerprint density at radius 3 is 0.987 bits per heavy atom. The van der Waals surface area contributed by atoms with Crippen LogP contribution >= 0.6 is 7.82 Å². The molecule has 0 aromatic carbocycles. The largest absolute Gasteiger partial charge is 0.472 e. The quantitative estimate of drug-likeness (QED) is 0.0197. The lowest BCUT2D eigenvalue weighted by Crippen LogP contribution is -2.30. The lowest BCUT2D eigenvalue weighted by atomic mass is 10.1. The van der Waals surface area contributed by atoms with E-state index in [0.29, 0.717) is 19.3 Å². The van der Waals surface area contributed by atoms with Crippen LogP contribution in [0, 0.1) is 0 Å². The standard InChI is InChI=1S/C66H119O11P/c1-4-7-10-13-16-19-22-25-27-29-31-33-35-38-41-44-47-50-53-56-65(69)76-62(58-67)60-74-78(71,72)75-61-63(59-73-64(68)55-52-49-46-43-40-37-24-21-18-15-12-9-6-3)77-66(70)57-54-51-48-45-42-39-36-34-32-30-28-26-23-20-17-14-11-8-5-2/h16-17,19-21,24-28,62-63,67H,4-15,18,22-23,29-61H2,1-3H3,(H,71,72)/b19-16-,20-17-,24-21-,27-25-,28-26-. The Labute approximate surface area is 478 Å². The molecule has 0 spiro atoms. The molecule has 0 rings (SSSR count). The number of phosphoric acid groups is 1. The van der Waals surface area contributed by atoms with Gasteiger partial charge in [0.05, 0.1) is 19.8 Å². The van der Waals surface area contributed by atoms with Gasteiger partial charge in [-0.2, -0.15) is 0 Å². The highest BCUT2D eigenvalue weighted by Gasteiger charge is 2.28. The summed E-state index contributed by atoms with van der Waals surface area (Å²) in [5.41, 5.74) is 0. The van der Waals surface area contributed by atoms with E-state index in [-0.39, 0.29) is 25.9 Å². The third-order valence-electron chi connectivity index (χ3n) is 13.9. The number of carbonyl (C=O) groups excluding carboxylic acids is 3. The molecular formula is C66H119O11P. The summed E-state index contributed by atoms with van der Waals surface area (Å²) in [6.07, 6.45) is 67.4. The van der Waals surface area contributed by atoms with E-state index in [4.69, 9.17) is 23.3 Å². The summed E-state index contributed by atoms with van der Waals surface area (Å²) in [6, 6.07) is 0. The Bertz CT molecular complexity index is 1540. The van der Waals surface area contributed by atoms with Gasteiger partial charge in [-0.1, -0.05) is 236 Å². The van der Waals surface area contributed by atoms with Gasteiger partial charge in [-0.25, -0.2) is 4.57 Å². The van der Waals surface area contributed by atoms with E-state index in [2.05, 4.69) is 81.5 Å². The van der Waals surface area contributed by atoms with Gasteiger partial charge in [0.2, 0.25) is 0 Å². The monoisotopic (exact) mass is 1120 g/mol. The maximum Gasteiger partial charge on any atom is 0.472 e. The molecule has 0 aliphatic heterocycles. The predicted molar refractivity (Wildman–Crippen MR) is 325 cm³/mol. The number of phosphoric ester groups is 1. The summed E-state index contributed by atoms with van der Waals surface area (Å²) in [4.78, 5) is 48.7. The van der Waals surface area contributed by atoms with Crippen LogP contribution in [-0.4, -0.2) is 66.5 Å². The zero-order valence-electron chi connectivity index (χ0n) is 50.4. The molecule has 0 fully saturated rings. The topological polar surface area (TPSA) is 155 Å². The molecule has 3 atom stereocenters. The summed E-state index contributed by atoms with van der Waals surface area (Å²) >= 11 is 0. The van der Waals surface area contributed by atoms with Crippen molar-refractivity contribution in [3.63, 3.8) is 0 Å². The van der Waals surface area contributed by atoms with Crippen molar-refractivity contribution in [2.75, 3.05) is 26.4 Å². The first kappa shape index (κ1) is 75.2. The molecule has 0 aliphatic rings. The molecule has 2 N–H and O–H groups in total. The Balaban J connectivity index is 4.65. The molecule has 0 saturated carbocycles. The summed E-state index contributed by atoms with van der Waals surface area (Å²) < 4.78 is 39.7. The van der Waals surface area contributed by atoms with Crippen LogP contribution in [0.15, 0.2) is 60.8 Å². The molecule has 0 aromatic heterocycles. The number of unbranched alkanes of at least 4 members (excludes halogenated alkanes) is 33.